The number of carbonyl (C=O) groups excluding carboxylic acids is 1. The van der Waals surface area contributed by atoms with Crippen molar-refractivity contribution < 1.29 is 4.79 Å². The molecule has 0 bridgehead atoms. The van der Waals surface area contributed by atoms with Crippen molar-refractivity contribution in [2.24, 2.45) is 0 Å². The van der Waals surface area contributed by atoms with E-state index >= 15 is 0 Å². The standard InChI is InChI=1S/C26H34N8O/c1-2-33(26(35)29-21-9-5-3-6-10-21)23-14-13-20-19-28-25(31-24(20)30-23)34(22-11-7-4-8-12-22)32-17-15-27-16-18-32/h4,7-8,11-14,19,21,27H,2-3,5-6,9-10,15-18H2,1H3,(H,29,35). The number of carbonyl (C=O) groups is 1. The van der Waals surface area contributed by atoms with Crippen molar-refractivity contribution in [2.75, 3.05) is 42.6 Å². The van der Waals surface area contributed by atoms with Crippen LogP contribution < -0.4 is 20.5 Å². The van der Waals surface area contributed by atoms with E-state index in [0.29, 0.717) is 24.0 Å². The summed E-state index contributed by atoms with van der Waals surface area (Å²) in [5.74, 6) is 1.18. The topological polar surface area (TPSA) is 89.5 Å². The van der Waals surface area contributed by atoms with E-state index in [1.54, 1.807) is 4.90 Å². The predicted molar refractivity (Wildman–Crippen MR) is 139 cm³/mol. The molecule has 2 aromatic heterocycles. The third-order valence-corrected chi connectivity index (χ3v) is 6.75. The lowest BCUT2D eigenvalue weighted by Gasteiger charge is -2.37. The minimum atomic E-state index is -0.0905. The van der Waals surface area contributed by atoms with Crippen LogP contribution in [0.5, 0.6) is 0 Å². The quantitative estimate of drug-likeness (QED) is 0.561. The number of para-hydroxylation sites is 1. The smallest absolute Gasteiger partial charge is 0.323 e. The molecule has 9 nitrogen and oxygen atoms in total. The lowest BCUT2D eigenvalue weighted by atomic mass is 9.96. The number of amides is 2. The lowest BCUT2D eigenvalue weighted by Crippen LogP contribution is -2.51. The molecular weight excluding hydrogens is 440 g/mol. The van der Waals surface area contributed by atoms with Crippen LogP contribution in [0.3, 0.4) is 0 Å². The van der Waals surface area contributed by atoms with Gasteiger partial charge in [0.05, 0.1) is 5.69 Å². The molecule has 0 radical (unpaired) electrons. The summed E-state index contributed by atoms with van der Waals surface area (Å²) in [5.41, 5.74) is 1.58. The van der Waals surface area contributed by atoms with Gasteiger partial charge in [-0.3, -0.25) is 4.90 Å². The summed E-state index contributed by atoms with van der Waals surface area (Å²) in [6.07, 6.45) is 7.52. The molecule has 9 heteroatoms. The van der Waals surface area contributed by atoms with Gasteiger partial charge in [0.25, 0.3) is 0 Å². The lowest BCUT2D eigenvalue weighted by molar-refractivity contribution is 0.238. The van der Waals surface area contributed by atoms with E-state index in [4.69, 9.17) is 9.97 Å². The number of fused-ring (bicyclic) bond motifs is 1. The molecule has 0 atom stereocenters. The van der Waals surface area contributed by atoms with Crippen molar-refractivity contribution in [3.63, 3.8) is 0 Å². The van der Waals surface area contributed by atoms with Gasteiger partial charge in [0, 0.05) is 50.3 Å². The van der Waals surface area contributed by atoms with Crippen LogP contribution in [0.1, 0.15) is 39.0 Å². The Morgan fingerprint density at radius 1 is 1.06 bits per heavy atom. The molecule has 0 unspecified atom stereocenters. The zero-order valence-electron chi connectivity index (χ0n) is 20.4. The number of hydrazine groups is 1. The summed E-state index contributed by atoms with van der Waals surface area (Å²) in [6.45, 7) is 6.02. The van der Waals surface area contributed by atoms with E-state index in [1.807, 2.05) is 43.5 Å². The second-order valence-corrected chi connectivity index (χ2v) is 9.13. The van der Waals surface area contributed by atoms with Crippen LogP contribution in [-0.4, -0.2) is 64.8 Å². The number of nitrogens with zero attached hydrogens (tertiary/aromatic N) is 6. The number of rotatable bonds is 6. The Morgan fingerprint density at radius 3 is 2.57 bits per heavy atom. The first kappa shape index (κ1) is 23.4. The van der Waals surface area contributed by atoms with Gasteiger partial charge in [-0.15, -0.1) is 0 Å². The summed E-state index contributed by atoms with van der Waals surface area (Å²) in [7, 11) is 0. The number of hydrogen-bond acceptors (Lipinski definition) is 7. The van der Waals surface area contributed by atoms with Crippen molar-refractivity contribution in [1.82, 2.24) is 30.6 Å². The molecule has 1 aromatic carbocycles. The van der Waals surface area contributed by atoms with Crippen LogP contribution >= 0.6 is 0 Å². The molecule has 3 aromatic rings. The van der Waals surface area contributed by atoms with E-state index in [9.17, 15) is 4.79 Å². The summed E-state index contributed by atoms with van der Waals surface area (Å²) in [4.78, 5) is 29.1. The fourth-order valence-corrected chi connectivity index (χ4v) is 4.88. The SMILES string of the molecule is CCN(C(=O)NC1CCCCC1)c1ccc2cnc(N(c3ccccc3)N3CCNCC3)nc2n1. The third-order valence-electron chi connectivity index (χ3n) is 6.75. The molecule has 1 saturated heterocycles. The molecular formula is C26H34N8O. The molecule has 2 aliphatic rings. The Bertz CT molecular complexity index is 1130. The summed E-state index contributed by atoms with van der Waals surface area (Å²) in [6, 6.07) is 14.1. The normalized spacial score (nSPS) is 17.3. The maximum atomic E-state index is 13.1. The number of hydrogen-bond donors (Lipinski definition) is 2. The first-order valence-electron chi connectivity index (χ1n) is 12.8. The van der Waals surface area contributed by atoms with E-state index in [-0.39, 0.29) is 12.1 Å². The number of urea groups is 1. The van der Waals surface area contributed by atoms with Gasteiger partial charge in [-0.1, -0.05) is 37.5 Å². The first-order chi connectivity index (χ1) is 17.2. The summed E-state index contributed by atoms with van der Waals surface area (Å²) >= 11 is 0. The fourth-order valence-electron chi connectivity index (χ4n) is 4.88. The molecule has 2 fully saturated rings. The van der Waals surface area contributed by atoms with E-state index in [2.05, 4.69) is 37.8 Å². The van der Waals surface area contributed by atoms with Crippen LogP contribution in [0.15, 0.2) is 48.7 Å². The Labute approximate surface area is 206 Å². The van der Waals surface area contributed by atoms with E-state index in [0.717, 1.165) is 50.1 Å². The minimum absolute atomic E-state index is 0.0905. The van der Waals surface area contributed by atoms with Crippen molar-refractivity contribution >= 4 is 34.5 Å². The first-order valence-corrected chi connectivity index (χ1v) is 12.8. The highest BCUT2D eigenvalue weighted by atomic mass is 16.2. The molecule has 1 saturated carbocycles. The second-order valence-electron chi connectivity index (χ2n) is 9.13. The van der Waals surface area contributed by atoms with Gasteiger partial charge >= 0.3 is 6.03 Å². The number of piperazine rings is 1. The van der Waals surface area contributed by atoms with Crippen molar-refractivity contribution in [1.29, 1.82) is 0 Å². The van der Waals surface area contributed by atoms with Crippen molar-refractivity contribution in [3.05, 3.63) is 48.7 Å². The molecule has 3 heterocycles. The summed E-state index contributed by atoms with van der Waals surface area (Å²) in [5, 5.41) is 11.8. The Hall–Kier alpha value is -3.30. The molecule has 2 N–H and O–H groups in total. The van der Waals surface area contributed by atoms with Crippen LogP contribution in [-0.2, 0) is 0 Å². The Kier molecular flexibility index (Phi) is 7.34. The van der Waals surface area contributed by atoms with Gasteiger partial charge in [0.15, 0.2) is 5.65 Å². The Balaban J connectivity index is 1.44. The predicted octanol–water partition coefficient (Wildman–Crippen LogP) is 3.85. The van der Waals surface area contributed by atoms with Crippen LogP contribution in [0.4, 0.5) is 22.2 Å². The molecule has 184 valence electrons. The highest BCUT2D eigenvalue weighted by Gasteiger charge is 2.24. The molecule has 1 aliphatic heterocycles. The van der Waals surface area contributed by atoms with Gasteiger partial charge in [0.1, 0.15) is 5.82 Å². The van der Waals surface area contributed by atoms with Crippen LogP contribution in [0, 0.1) is 0 Å². The zero-order valence-corrected chi connectivity index (χ0v) is 20.4. The monoisotopic (exact) mass is 474 g/mol. The highest BCUT2D eigenvalue weighted by Crippen LogP contribution is 2.26. The molecule has 0 spiro atoms. The zero-order chi connectivity index (χ0) is 24.0. The number of aromatic nitrogens is 3. The largest absolute Gasteiger partial charge is 0.335 e. The fraction of sp³-hybridized carbons (Fsp3) is 0.462. The van der Waals surface area contributed by atoms with E-state index in [1.165, 1.54) is 19.3 Å². The summed E-state index contributed by atoms with van der Waals surface area (Å²) < 4.78 is 0. The second kappa shape index (κ2) is 11.0. The Morgan fingerprint density at radius 2 is 1.83 bits per heavy atom. The van der Waals surface area contributed by atoms with Gasteiger partial charge in [0.2, 0.25) is 5.95 Å². The highest BCUT2D eigenvalue weighted by molar-refractivity contribution is 5.92. The molecule has 5 rings (SSSR count). The van der Waals surface area contributed by atoms with Gasteiger partial charge in [-0.2, -0.15) is 4.98 Å². The van der Waals surface area contributed by atoms with Gasteiger partial charge < -0.3 is 10.6 Å². The van der Waals surface area contributed by atoms with Crippen molar-refractivity contribution in [3.8, 4) is 0 Å². The number of benzene rings is 1. The van der Waals surface area contributed by atoms with Crippen LogP contribution in [0.2, 0.25) is 0 Å². The minimum Gasteiger partial charge on any atom is -0.335 e. The molecule has 2 amide bonds. The number of pyridine rings is 1. The van der Waals surface area contributed by atoms with Crippen LogP contribution in [0.25, 0.3) is 11.0 Å². The van der Waals surface area contributed by atoms with E-state index < -0.39 is 0 Å². The molecule has 1 aliphatic carbocycles. The van der Waals surface area contributed by atoms with Gasteiger partial charge in [-0.25, -0.2) is 24.8 Å². The average molecular weight is 475 g/mol. The average Bonchev–Trinajstić information content (AvgIpc) is 2.91. The number of anilines is 3. The van der Waals surface area contributed by atoms with Crippen molar-refractivity contribution in [2.45, 2.75) is 45.1 Å². The number of nitrogens with one attached hydrogen (secondary N) is 2. The van der Waals surface area contributed by atoms with Gasteiger partial charge in [-0.05, 0) is 44.0 Å². The third kappa shape index (κ3) is 5.36. The maximum Gasteiger partial charge on any atom is 0.323 e. The maximum absolute atomic E-state index is 13.1. The molecule has 35 heavy (non-hydrogen) atoms.